The highest BCUT2D eigenvalue weighted by Gasteiger charge is 2.66. The lowest BCUT2D eigenvalue weighted by atomic mass is 9.98. The van der Waals surface area contributed by atoms with E-state index in [0.29, 0.717) is 16.5 Å². The molecule has 2 aliphatic heterocycles. The molecule has 0 aliphatic carbocycles. The number of rotatable bonds is 8. The van der Waals surface area contributed by atoms with Gasteiger partial charge in [-0.25, -0.2) is 9.48 Å². The number of carbonyl (C=O) groups excluding carboxylic acids is 2. The standard InChI is InChI=1S/C16H16IN7O7S2/c1-23-15(19-21-22-23)33-5-6-4-32-14-16(30-2,13(29)24(14)10(6)12(27)28)18-8(25)3-7-9(17)11(26)20-31-7/h14H,3-5H2,1-2H3,(H,18,25)(H,20,26)(H,27,28)/t14-,16+/m1/s1. The number of amides is 2. The van der Waals surface area contributed by atoms with Gasteiger partial charge >= 0.3 is 5.97 Å². The van der Waals surface area contributed by atoms with Crippen molar-refractivity contribution in [3.63, 3.8) is 0 Å². The number of aromatic nitrogens is 5. The van der Waals surface area contributed by atoms with Gasteiger partial charge in [0.05, 0.1) is 6.42 Å². The van der Waals surface area contributed by atoms with Crippen LogP contribution in [-0.2, 0) is 32.6 Å². The largest absolute Gasteiger partial charge is 0.490 e. The number of ether oxygens (including phenoxy) is 1. The van der Waals surface area contributed by atoms with E-state index in [4.69, 9.17) is 9.26 Å². The quantitative estimate of drug-likeness (QED) is 0.152. The average Bonchev–Trinajstić information content (AvgIpc) is 3.34. The maximum atomic E-state index is 13.1. The molecule has 0 radical (unpaired) electrons. The second-order valence-electron chi connectivity index (χ2n) is 6.88. The summed E-state index contributed by atoms with van der Waals surface area (Å²) >= 11 is 4.30. The lowest BCUT2D eigenvalue weighted by molar-refractivity contribution is -0.192. The molecule has 0 unspecified atom stereocenters. The number of β-lactam (4-membered cyclic amide) rings is 1. The van der Waals surface area contributed by atoms with Crippen molar-refractivity contribution in [1.82, 2.24) is 35.6 Å². The number of carboxylic acids is 1. The summed E-state index contributed by atoms with van der Waals surface area (Å²) < 4.78 is 12.1. The van der Waals surface area contributed by atoms with Crippen LogP contribution in [0.2, 0.25) is 0 Å². The molecular formula is C16H16IN7O7S2. The van der Waals surface area contributed by atoms with Crippen molar-refractivity contribution in [3.05, 3.63) is 20.6 Å². The van der Waals surface area contributed by atoms with E-state index in [-0.39, 0.29) is 33.1 Å². The van der Waals surface area contributed by atoms with Crippen molar-refractivity contribution in [2.45, 2.75) is 22.7 Å². The molecule has 17 heteroatoms. The Kier molecular flexibility index (Phi) is 6.56. The zero-order valence-corrected chi connectivity index (χ0v) is 20.8. The van der Waals surface area contributed by atoms with E-state index in [0.717, 1.165) is 4.90 Å². The highest BCUT2D eigenvalue weighted by atomic mass is 127. The van der Waals surface area contributed by atoms with Gasteiger partial charge in [-0.05, 0) is 43.7 Å². The predicted molar refractivity (Wildman–Crippen MR) is 120 cm³/mol. The number of aliphatic carboxylic acids is 1. The van der Waals surface area contributed by atoms with Crippen LogP contribution in [0.4, 0.5) is 0 Å². The first kappa shape index (κ1) is 23.8. The molecule has 2 aliphatic rings. The maximum absolute atomic E-state index is 13.1. The van der Waals surface area contributed by atoms with Gasteiger partial charge in [-0.3, -0.25) is 14.5 Å². The van der Waals surface area contributed by atoms with E-state index in [1.807, 2.05) is 0 Å². The number of carboxylic acid groups (broad SMARTS) is 1. The highest BCUT2D eigenvalue weighted by molar-refractivity contribution is 14.1. The Labute approximate surface area is 207 Å². The van der Waals surface area contributed by atoms with E-state index in [2.05, 4.69) is 26.0 Å². The van der Waals surface area contributed by atoms with Crippen molar-refractivity contribution in [2.75, 3.05) is 18.6 Å². The average molecular weight is 609 g/mol. The Morgan fingerprint density at radius 1 is 1.48 bits per heavy atom. The van der Waals surface area contributed by atoms with Gasteiger partial charge < -0.3 is 24.8 Å². The van der Waals surface area contributed by atoms with Gasteiger partial charge in [0.2, 0.25) is 11.1 Å². The van der Waals surface area contributed by atoms with E-state index in [9.17, 15) is 24.6 Å². The number of halogens is 1. The van der Waals surface area contributed by atoms with Gasteiger partial charge in [0, 0.05) is 25.7 Å². The molecule has 1 saturated heterocycles. The van der Waals surface area contributed by atoms with Crippen molar-refractivity contribution in [2.24, 2.45) is 7.05 Å². The Bertz CT molecular complexity index is 1170. The molecular weight excluding hydrogens is 593 g/mol. The van der Waals surface area contributed by atoms with Crippen LogP contribution < -0.4 is 5.32 Å². The number of aryl methyl sites for hydroxylation is 1. The monoisotopic (exact) mass is 609 g/mol. The number of nitrogens with zero attached hydrogens (tertiary/aromatic N) is 6. The minimum atomic E-state index is -1.73. The van der Waals surface area contributed by atoms with Crippen LogP contribution >= 0.6 is 46.1 Å². The van der Waals surface area contributed by atoms with Crippen LogP contribution in [0.15, 0.2) is 20.9 Å². The van der Waals surface area contributed by atoms with Crippen LogP contribution in [0.3, 0.4) is 0 Å². The topological polar surface area (TPSA) is 186 Å². The molecule has 176 valence electrons. The number of aromatic hydroxyl groups is 1. The normalized spacial score (nSPS) is 22.2. The third kappa shape index (κ3) is 4.06. The number of carbonyl (C=O) groups is 3. The summed E-state index contributed by atoms with van der Waals surface area (Å²) in [5, 5.41) is 36.1. The SMILES string of the molecule is CO[C@@]1(NC(=O)Cc2onc(O)c2I)C(=O)N2C(C(=O)O)=C(CSc3nnnn3C)CS[C@@H]21. The first-order valence-corrected chi connectivity index (χ1v) is 12.3. The highest BCUT2D eigenvalue weighted by Crippen LogP contribution is 2.47. The smallest absolute Gasteiger partial charge is 0.352 e. The number of tetrazole rings is 1. The van der Waals surface area contributed by atoms with Crippen molar-refractivity contribution in [3.8, 4) is 5.88 Å². The number of nitrogens with one attached hydrogen (secondary N) is 1. The maximum Gasteiger partial charge on any atom is 0.352 e. The summed E-state index contributed by atoms with van der Waals surface area (Å²) in [4.78, 5) is 38.9. The summed E-state index contributed by atoms with van der Waals surface area (Å²) in [6.45, 7) is 0. The van der Waals surface area contributed by atoms with Gasteiger partial charge in [-0.1, -0.05) is 11.8 Å². The molecule has 3 N–H and O–H groups in total. The molecule has 2 atom stereocenters. The predicted octanol–water partition coefficient (Wildman–Crippen LogP) is -0.444. The Morgan fingerprint density at radius 2 is 2.24 bits per heavy atom. The Balaban J connectivity index is 1.53. The van der Waals surface area contributed by atoms with E-state index in [1.54, 1.807) is 29.6 Å². The van der Waals surface area contributed by atoms with E-state index in [1.165, 1.54) is 35.3 Å². The molecule has 0 spiro atoms. The van der Waals surface area contributed by atoms with Crippen molar-refractivity contribution >= 4 is 63.9 Å². The van der Waals surface area contributed by atoms with Gasteiger partial charge in [0.25, 0.3) is 17.5 Å². The molecule has 2 aromatic heterocycles. The lowest BCUT2D eigenvalue weighted by Crippen LogP contribution is -2.80. The molecule has 0 bridgehead atoms. The minimum Gasteiger partial charge on any atom is -0.490 e. The zero-order chi connectivity index (χ0) is 23.9. The summed E-state index contributed by atoms with van der Waals surface area (Å²) in [6.07, 6.45) is -0.295. The van der Waals surface area contributed by atoms with Crippen LogP contribution in [-0.4, -0.2) is 88.0 Å². The molecule has 2 amide bonds. The molecule has 0 saturated carbocycles. The van der Waals surface area contributed by atoms with Crippen LogP contribution in [0.1, 0.15) is 5.76 Å². The van der Waals surface area contributed by atoms with E-state index >= 15 is 0 Å². The minimum absolute atomic E-state index is 0.125. The fourth-order valence-electron chi connectivity index (χ4n) is 3.36. The molecule has 0 aromatic carbocycles. The van der Waals surface area contributed by atoms with Crippen molar-refractivity contribution < 1.29 is 33.9 Å². The second-order valence-corrected chi connectivity index (χ2v) is 9.97. The first-order chi connectivity index (χ1) is 15.7. The summed E-state index contributed by atoms with van der Waals surface area (Å²) in [6, 6.07) is 0. The second kappa shape index (κ2) is 9.11. The number of fused-ring (bicyclic) bond motifs is 1. The molecule has 2 aromatic rings. The van der Waals surface area contributed by atoms with Crippen LogP contribution in [0.25, 0.3) is 0 Å². The Hall–Kier alpha value is -2.38. The van der Waals surface area contributed by atoms with E-state index < -0.39 is 28.9 Å². The van der Waals surface area contributed by atoms with Gasteiger partial charge in [0.1, 0.15) is 14.6 Å². The third-order valence-corrected chi connectivity index (χ3v) is 8.48. The lowest BCUT2D eigenvalue weighted by Gasteiger charge is -2.55. The number of methoxy groups -OCH3 is 1. The van der Waals surface area contributed by atoms with Crippen molar-refractivity contribution in [1.29, 1.82) is 0 Å². The third-order valence-electron chi connectivity index (χ3n) is 4.92. The molecule has 33 heavy (non-hydrogen) atoms. The zero-order valence-electron chi connectivity index (χ0n) is 17.0. The first-order valence-electron chi connectivity index (χ1n) is 9.14. The number of thioether (sulfide) groups is 2. The number of hydrogen-bond donors (Lipinski definition) is 3. The van der Waals surface area contributed by atoms with Gasteiger partial charge in [0.15, 0.2) is 5.76 Å². The van der Waals surface area contributed by atoms with Crippen LogP contribution in [0.5, 0.6) is 5.88 Å². The fourth-order valence-corrected chi connectivity index (χ4v) is 6.17. The Morgan fingerprint density at radius 3 is 2.82 bits per heavy atom. The van der Waals surface area contributed by atoms with Crippen LogP contribution in [0, 0.1) is 3.57 Å². The summed E-state index contributed by atoms with van der Waals surface area (Å²) in [7, 11) is 2.92. The number of hydrogen-bond acceptors (Lipinski definition) is 12. The molecule has 1 fully saturated rings. The van der Waals surface area contributed by atoms with Gasteiger partial charge in [-0.2, -0.15) is 0 Å². The summed E-state index contributed by atoms with van der Waals surface area (Å²) in [5.74, 6) is -2.24. The molecule has 4 heterocycles. The molecule has 14 nitrogen and oxygen atoms in total. The summed E-state index contributed by atoms with van der Waals surface area (Å²) in [5.41, 5.74) is -1.36. The van der Waals surface area contributed by atoms with Gasteiger partial charge in [-0.15, -0.1) is 16.9 Å². The fraction of sp³-hybridized carbons (Fsp3) is 0.438. The molecule has 4 rings (SSSR count).